The van der Waals surface area contributed by atoms with Gasteiger partial charge >= 0.3 is 0 Å². The van der Waals surface area contributed by atoms with Gasteiger partial charge in [-0.15, -0.1) is 11.6 Å². The summed E-state index contributed by atoms with van der Waals surface area (Å²) in [4.78, 5) is 0. The lowest BCUT2D eigenvalue weighted by Gasteiger charge is -2.29. The van der Waals surface area contributed by atoms with Gasteiger partial charge in [0.2, 0.25) is 0 Å². The number of benzene rings is 1. The number of hydrogen-bond donors (Lipinski definition) is 0. The summed E-state index contributed by atoms with van der Waals surface area (Å²) in [5.41, 5.74) is 0.930. The highest BCUT2D eigenvalue weighted by atomic mass is 79.9. The van der Waals surface area contributed by atoms with Crippen molar-refractivity contribution in [2.75, 3.05) is 6.61 Å². The van der Waals surface area contributed by atoms with Crippen molar-refractivity contribution in [2.24, 2.45) is 0 Å². The molecule has 2 atom stereocenters. The standard InChI is InChI=1S/C12H14BrClO/c1-12(7-2-8-15-12)11(14)9-3-5-10(13)6-4-9/h3-6,11H,2,7-8H2,1H3. The second-order valence-corrected chi connectivity index (χ2v) is 5.53. The van der Waals surface area contributed by atoms with Gasteiger partial charge in [0.25, 0.3) is 0 Å². The molecule has 0 bridgehead atoms. The third-order valence-electron chi connectivity index (χ3n) is 2.95. The molecule has 1 fully saturated rings. The van der Waals surface area contributed by atoms with Gasteiger partial charge in [-0.2, -0.15) is 0 Å². The molecule has 0 aromatic heterocycles. The summed E-state index contributed by atoms with van der Waals surface area (Å²) in [6.07, 6.45) is 2.15. The van der Waals surface area contributed by atoms with Crippen LogP contribution in [0.3, 0.4) is 0 Å². The first-order valence-electron chi connectivity index (χ1n) is 5.15. The molecule has 1 aliphatic heterocycles. The van der Waals surface area contributed by atoms with Gasteiger partial charge in [0.05, 0.1) is 11.0 Å². The summed E-state index contributed by atoms with van der Waals surface area (Å²) in [6, 6.07) is 8.13. The fourth-order valence-electron chi connectivity index (χ4n) is 1.98. The van der Waals surface area contributed by atoms with E-state index in [1.165, 1.54) is 0 Å². The highest BCUT2D eigenvalue weighted by Gasteiger charge is 2.38. The quantitative estimate of drug-likeness (QED) is 0.738. The minimum atomic E-state index is -0.199. The van der Waals surface area contributed by atoms with Gasteiger partial charge in [0.1, 0.15) is 0 Å². The Morgan fingerprint density at radius 2 is 2.07 bits per heavy atom. The zero-order valence-corrected chi connectivity index (χ0v) is 11.0. The predicted molar refractivity (Wildman–Crippen MR) is 66.3 cm³/mol. The van der Waals surface area contributed by atoms with E-state index in [9.17, 15) is 0 Å². The number of ether oxygens (including phenoxy) is 1. The maximum Gasteiger partial charge on any atom is 0.0872 e. The molecule has 0 saturated carbocycles. The van der Waals surface area contributed by atoms with Gasteiger partial charge in [0.15, 0.2) is 0 Å². The molecule has 15 heavy (non-hydrogen) atoms. The van der Waals surface area contributed by atoms with Crippen molar-refractivity contribution < 1.29 is 4.74 Å². The van der Waals surface area contributed by atoms with Crippen LogP contribution in [-0.4, -0.2) is 12.2 Å². The Hall–Kier alpha value is -0.0500. The molecule has 1 nitrogen and oxygen atoms in total. The molecule has 1 aliphatic rings. The van der Waals surface area contributed by atoms with Gasteiger partial charge < -0.3 is 4.74 Å². The Balaban J connectivity index is 2.19. The zero-order valence-electron chi connectivity index (χ0n) is 8.67. The molecule has 1 aromatic carbocycles. The minimum absolute atomic E-state index is 0.0619. The van der Waals surface area contributed by atoms with E-state index in [4.69, 9.17) is 16.3 Å². The lowest BCUT2D eigenvalue weighted by Crippen LogP contribution is -2.28. The van der Waals surface area contributed by atoms with Crippen molar-refractivity contribution in [3.8, 4) is 0 Å². The molecule has 0 spiro atoms. The van der Waals surface area contributed by atoms with E-state index in [0.717, 1.165) is 29.5 Å². The SMILES string of the molecule is CC1(C(Cl)c2ccc(Br)cc2)CCCO1. The monoisotopic (exact) mass is 288 g/mol. The molecule has 3 heteroatoms. The summed E-state index contributed by atoms with van der Waals surface area (Å²) >= 11 is 9.88. The van der Waals surface area contributed by atoms with Gasteiger partial charge in [-0.3, -0.25) is 0 Å². The molecular formula is C12H14BrClO. The Morgan fingerprint density at radius 1 is 1.40 bits per heavy atom. The highest BCUT2D eigenvalue weighted by molar-refractivity contribution is 9.10. The Labute approximate surface area is 104 Å². The third-order valence-corrected chi connectivity index (χ3v) is 4.19. The highest BCUT2D eigenvalue weighted by Crippen LogP contribution is 2.41. The second-order valence-electron chi connectivity index (χ2n) is 4.18. The minimum Gasteiger partial charge on any atom is -0.373 e. The van der Waals surface area contributed by atoms with E-state index in [-0.39, 0.29) is 11.0 Å². The average Bonchev–Trinajstić information content (AvgIpc) is 2.67. The largest absolute Gasteiger partial charge is 0.373 e. The van der Waals surface area contributed by atoms with Gasteiger partial charge in [-0.1, -0.05) is 28.1 Å². The summed E-state index contributed by atoms with van der Waals surface area (Å²) in [6.45, 7) is 2.93. The van der Waals surface area contributed by atoms with Crippen LogP contribution in [0, 0.1) is 0 Å². The van der Waals surface area contributed by atoms with Crippen molar-refractivity contribution in [1.29, 1.82) is 0 Å². The van der Waals surface area contributed by atoms with Crippen LogP contribution >= 0.6 is 27.5 Å². The van der Waals surface area contributed by atoms with Gasteiger partial charge in [0, 0.05) is 11.1 Å². The second kappa shape index (κ2) is 4.44. The summed E-state index contributed by atoms with van der Waals surface area (Å²) in [5.74, 6) is 0. The number of alkyl halides is 1. The molecule has 0 N–H and O–H groups in total. The van der Waals surface area contributed by atoms with E-state index in [1.807, 2.05) is 12.1 Å². The molecule has 0 amide bonds. The lowest BCUT2D eigenvalue weighted by atomic mass is 9.93. The van der Waals surface area contributed by atoms with E-state index >= 15 is 0 Å². The topological polar surface area (TPSA) is 9.23 Å². The van der Waals surface area contributed by atoms with Crippen LogP contribution in [0.4, 0.5) is 0 Å². The average molecular weight is 290 g/mol. The third kappa shape index (κ3) is 2.38. The fourth-order valence-corrected chi connectivity index (χ4v) is 2.57. The molecule has 1 saturated heterocycles. The van der Waals surface area contributed by atoms with Crippen LogP contribution in [0.1, 0.15) is 30.7 Å². The summed E-state index contributed by atoms with van der Waals surface area (Å²) in [5, 5.41) is -0.0619. The van der Waals surface area contributed by atoms with E-state index in [0.29, 0.717) is 0 Å². The van der Waals surface area contributed by atoms with Crippen LogP contribution in [-0.2, 0) is 4.74 Å². The van der Waals surface area contributed by atoms with Crippen LogP contribution in [0.5, 0.6) is 0 Å². The molecule has 0 radical (unpaired) electrons. The van der Waals surface area contributed by atoms with Crippen LogP contribution in [0.15, 0.2) is 28.7 Å². The first-order valence-corrected chi connectivity index (χ1v) is 6.38. The molecule has 82 valence electrons. The van der Waals surface area contributed by atoms with Gasteiger partial charge in [-0.05, 0) is 37.5 Å². The predicted octanol–water partition coefficient (Wildman–Crippen LogP) is 4.30. The normalized spacial score (nSPS) is 27.9. The summed E-state index contributed by atoms with van der Waals surface area (Å²) in [7, 11) is 0. The van der Waals surface area contributed by atoms with Gasteiger partial charge in [-0.25, -0.2) is 0 Å². The van der Waals surface area contributed by atoms with Crippen molar-refractivity contribution in [3.05, 3.63) is 34.3 Å². The molecule has 2 rings (SSSR count). The van der Waals surface area contributed by atoms with Crippen molar-refractivity contribution in [1.82, 2.24) is 0 Å². The Morgan fingerprint density at radius 3 is 2.60 bits per heavy atom. The number of hydrogen-bond acceptors (Lipinski definition) is 1. The molecule has 0 aliphatic carbocycles. The van der Waals surface area contributed by atoms with E-state index in [1.54, 1.807) is 0 Å². The summed E-state index contributed by atoms with van der Waals surface area (Å²) < 4.78 is 6.82. The maximum atomic E-state index is 6.47. The fraction of sp³-hybridized carbons (Fsp3) is 0.500. The number of halogens is 2. The van der Waals surface area contributed by atoms with Crippen LogP contribution in [0.2, 0.25) is 0 Å². The Bertz CT molecular complexity index is 330. The molecule has 2 unspecified atom stereocenters. The smallest absolute Gasteiger partial charge is 0.0872 e. The van der Waals surface area contributed by atoms with Crippen LogP contribution in [0.25, 0.3) is 0 Å². The first-order chi connectivity index (χ1) is 7.12. The number of rotatable bonds is 2. The molecular weight excluding hydrogens is 275 g/mol. The van der Waals surface area contributed by atoms with Crippen LogP contribution < -0.4 is 0 Å². The van der Waals surface area contributed by atoms with E-state index < -0.39 is 0 Å². The van der Waals surface area contributed by atoms with Crippen molar-refractivity contribution in [2.45, 2.75) is 30.7 Å². The van der Waals surface area contributed by atoms with Crippen molar-refractivity contribution in [3.63, 3.8) is 0 Å². The zero-order chi connectivity index (χ0) is 10.9. The first kappa shape index (κ1) is 11.4. The van der Waals surface area contributed by atoms with E-state index in [2.05, 4.69) is 35.0 Å². The maximum absolute atomic E-state index is 6.47. The Kier molecular flexibility index (Phi) is 3.39. The van der Waals surface area contributed by atoms with Crippen molar-refractivity contribution >= 4 is 27.5 Å². The molecule has 1 heterocycles. The molecule has 1 aromatic rings. The lowest BCUT2D eigenvalue weighted by molar-refractivity contribution is 0.0164.